The van der Waals surface area contributed by atoms with Crippen LogP contribution >= 0.6 is 15.9 Å². The predicted octanol–water partition coefficient (Wildman–Crippen LogP) is 5.28. The molecule has 0 aliphatic carbocycles. The van der Waals surface area contributed by atoms with Crippen molar-refractivity contribution in [2.45, 2.75) is 24.1 Å². The van der Waals surface area contributed by atoms with Crippen LogP contribution in [0.25, 0.3) is 0 Å². The Kier molecular flexibility index (Phi) is 4.94. The minimum Gasteiger partial charge on any atom is -0.207 e. The van der Waals surface area contributed by atoms with E-state index >= 15 is 0 Å². The lowest BCUT2D eigenvalue weighted by molar-refractivity contribution is 0.626. The van der Waals surface area contributed by atoms with Crippen LogP contribution in [0.2, 0.25) is 0 Å². The van der Waals surface area contributed by atoms with Crippen LogP contribution < -0.4 is 0 Å². The minimum absolute atomic E-state index is 0.165. The van der Waals surface area contributed by atoms with E-state index in [2.05, 4.69) is 40.2 Å². The van der Waals surface area contributed by atoms with Gasteiger partial charge in [0.2, 0.25) is 0 Å². The van der Waals surface area contributed by atoms with Gasteiger partial charge in [0.1, 0.15) is 5.82 Å². The topological polar surface area (TPSA) is 0 Å². The molecule has 0 heterocycles. The molecular weight excluding hydrogens is 291 g/mol. The maximum absolute atomic E-state index is 12.8. The second-order valence-corrected chi connectivity index (χ2v) is 5.50. The van der Waals surface area contributed by atoms with Gasteiger partial charge >= 0.3 is 0 Å². The minimum atomic E-state index is -0.165. The van der Waals surface area contributed by atoms with Crippen LogP contribution in [0, 0.1) is 5.82 Å². The lowest BCUT2D eigenvalue weighted by atomic mass is 10.0. The van der Waals surface area contributed by atoms with Crippen molar-refractivity contribution in [3.8, 4) is 0 Å². The lowest BCUT2D eigenvalue weighted by Crippen LogP contribution is -1.92. The fraction of sp³-hybridized carbons (Fsp3) is 0.250. The summed E-state index contributed by atoms with van der Waals surface area (Å²) in [5, 5.41) is 0. The van der Waals surface area contributed by atoms with Crippen molar-refractivity contribution in [3.63, 3.8) is 0 Å². The molecule has 0 aliphatic heterocycles. The first-order chi connectivity index (χ1) is 8.75. The van der Waals surface area contributed by atoms with Gasteiger partial charge in [-0.2, -0.15) is 0 Å². The van der Waals surface area contributed by atoms with Gasteiger partial charge in [-0.05, 0) is 42.5 Å². The first kappa shape index (κ1) is 13.3. The van der Waals surface area contributed by atoms with E-state index in [1.54, 1.807) is 0 Å². The van der Waals surface area contributed by atoms with E-state index in [4.69, 9.17) is 0 Å². The van der Waals surface area contributed by atoms with Crippen LogP contribution in [0.3, 0.4) is 0 Å². The van der Waals surface area contributed by atoms with E-state index in [0.717, 1.165) is 19.3 Å². The van der Waals surface area contributed by atoms with Crippen LogP contribution in [0.5, 0.6) is 0 Å². The monoisotopic (exact) mass is 306 g/mol. The van der Waals surface area contributed by atoms with Crippen LogP contribution in [0.4, 0.5) is 4.39 Å². The van der Waals surface area contributed by atoms with E-state index in [-0.39, 0.29) is 5.82 Å². The first-order valence-electron chi connectivity index (χ1n) is 6.19. The Balaban J connectivity index is 1.80. The summed E-state index contributed by atoms with van der Waals surface area (Å²) < 4.78 is 12.8. The van der Waals surface area contributed by atoms with Crippen molar-refractivity contribution >= 4 is 15.9 Å². The number of hydrogen-bond acceptors (Lipinski definition) is 0. The zero-order valence-corrected chi connectivity index (χ0v) is 11.7. The first-order valence-corrected chi connectivity index (χ1v) is 7.11. The summed E-state index contributed by atoms with van der Waals surface area (Å²) in [6.45, 7) is 0. The van der Waals surface area contributed by atoms with Crippen molar-refractivity contribution in [1.82, 2.24) is 0 Å². The molecule has 0 N–H and O–H groups in total. The summed E-state index contributed by atoms with van der Waals surface area (Å²) in [5.41, 5.74) is 2.51. The Morgan fingerprint density at radius 2 is 1.61 bits per heavy atom. The van der Waals surface area contributed by atoms with E-state index in [9.17, 15) is 4.39 Å². The average molecular weight is 307 g/mol. The Labute approximate surface area is 116 Å². The molecular formula is C16H16BrF. The summed E-state index contributed by atoms with van der Waals surface area (Å²) in [6, 6.07) is 17.2. The Hall–Kier alpha value is -1.15. The number of rotatable bonds is 5. The largest absolute Gasteiger partial charge is 0.207 e. The predicted molar refractivity (Wildman–Crippen MR) is 77.4 cm³/mol. The smallest absolute Gasteiger partial charge is 0.123 e. The van der Waals surface area contributed by atoms with Gasteiger partial charge in [0.05, 0.1) is 0 Å². The quantitative estimate of drug-likeness (QED) is 0.659. The van der Waals surface area contributed by atoms with Gasteiger partial charge in [0.15, 0.2) is 0 Å². The van der Waals surface area contributed by atoms with Crippen LogP contribution in [0.15, 0.2) is 54.6 Å². The Morgan fingerprint density at radius 1 is 0.944 bits per heavy atom. The third kappa shape index (κ3) is 3.95. The molecule has 2 rings (SSSR count). The van der Waals surface area contributed by atoms with Gasteiger partial charge < -0.3 is 0 Å². The van der Waals surface area contributed by atoms with Gasteiger partial charge in [0.25, 0.3) is 0 Å². The maximum atomic E-state index is 12.8. The molecule has 0 radical (unpaired) electrons. The second-order valence-electron chi connectivity index (χ2n) is 4.40. The highest BCUT2D eigenvalue weighted by Gasteiger charge is 2.06. The molecule has 18 heavy (non-hydrogen) atoms. The normalized spacial score (nSPS) is 12.3. The number of halogens is 2. The zero-order chi connectivity index (χ0) is 12.8. The van der Waals surface area contributed by atoms with Gasteiger partial charge in [-0.15, -0.1) is 0 Å². The number of hydrogen-bond donors (Lipinski definition) is 0. The molecule has 0 aliphatic rings. The Bertz CT molecular complexity index is 464. The molecule has 0 aromatic heterocycles. The molecule has 0 saturated carbocycles. The van der Waals surface area contributed by atoms with Crippen LogP contribution in [-0.4, -0.2) is 0 Å². The van der Waals surface area contributed by atoms with E-state index in [1.165, 1.54) is 23.3 Å². The summed E-state index contributed by atoms with van der Waals surface area (Å²) in [4.78, 5) is 0.402. The molecule has 0 nitrogen and oxygen atoms in total. The van der Waals surface area contributed by atoms with E-state index in [0.29, 0.717) is 4.83 Å². The summed E-state index contributed by atoms with van der Waals surface area (Å²) in [6.07, 6.45) is 3.17. The molecule has 2 aromatic carbocycles. The summed E-state index contributed by atoms with van der Waals surface area (Å²) >= 11 is 3.71. The van der Waals surface area contributed by atoms with E-state index in [1.807, 2.05) is 18.2 Å². The fourth-order valence-corrected chi connectivity index (χ4v) is 2.59. The Morgan fingerprint density at radius 3 is 2.28 bits per heavy atom. The highest BCUT2D eigenvalue weighted by molar-refractivity contribution is 9.09. The molecule has 2 aromatic rings. The SMILES string of the molecule is Fc1ccc(CCCC(Br)c2ccccc2)cc1. The van der Waals surface area contributed by atoms with Crippen molar-refractivity contribution in [3.05, 3.63) is 71.5 Å². The molecule has 0 spiro atoms. The number of aryl methyl sites for hydroxylation is 1. The molecule has 0 saturated heterocycles. The summed E-state index contributed by atoms with van der Waals surface area (Å²) in [7, 11) is 0. The van der Waals surface area contributed by atoms with E-state index < -0.39 is 0 Å². The van der Waals surface area contributed by atoms with Crippen molar-refractivity contribution in [1.29, 1.82) is 0 Å². The van der Waals surface area contributed by atoms with Gasteiger partial charge in [-0.25, -0.2) is 4.39 Å². The second kappa shape index (κ2) is 6.69. The lowest BCUT2D eigenvalue weighted by Gasteiger charge is -2.09. The zero-order valence-electron chi connectivity index (χ0n) is 10.2. The van der Waals surface area contributed by atoms with Gasteiger partial charge in [0, 0.05) is 4.83 Å². The standard InChI is InChI=1S/C16H16BrF/c17-16(14-6-2-1-3-7-14)8-4-5-13-9-11-15(18)12-10-13/h1-3,6-7,9-12,16H,4-5,8H2. The van der Waals surface area contributed by atoms with Crippen LogP contribution in [0.1, 0.15) is 28.8 Å². The van der Waals surface area contributed by atoms with Crippen molar-refractivity contribution in [2.75, 3.05) is 0 Å². The highest BCUT2D eigenvalue weighted by atomic mass is 79.9. The number of alkyl halides is 1. The molecule has 0 bridgehead atoms. The van der Waals surface area contributed by atoms with Crippen molar-refractivity contribution < 1.29 is 4.39 Å². The molecule has 0 amide bonds. The fourth-order valence-electron chi connectivity index (χ4n) is 1.97. The average Bonchev–Trinajstić information content (AvgIpc) is 2.42. The molecule has 1 unspecified atom stereocenters. The van der Waals surface area contributed by atoms with Gasteiger partial charge in [-0.3, -0.25) is 0 Å². The highest BCUT2D eigenvalue weighted by Crippen LogP contribution is 2.27. The molecule has 94 valence electrons. The van der Waals surface area contributed by atoms with Crippen molar-refractivity contribution in [2.24, 2.45) is 0 Å². The van der Waals surface area contributed by atoms with Gasteiger partial charge in [-0.1, -0.05) is 58.4 Å². The number of benzene rings is 2. The molecule has 2 heteroatoms. The molecule has 0 fully saturated rings. The summed E-state index contributed by atoms with van der Waals surface area (Å²) in [5.74, 6) is -0.165. The van der Waals surface area contributed by atoms with Crippen LogP contribution in [-0.2, 0) is 6.42 Å². The third-order valence-corrected chi connectivity index (χ3v) is 3.98. The molecule has 1 atom stereocenters. The third-order valence-electron chi connectivity index (χ3n) is 3.00. The maximum Gasteiger partial charge on any atom is 0.123 e.